The van der Waals surface area contributed by atoms with Crippen LogP contribution in [0.3, 0.4) is 0 Å². The smallest absolute Gasteiger partial charge is 0.333 e. The molecule has 0 saturated carbocycles. The molecule has 4 N–H and O–H groups in total. The van der Waals surface area contributed by atoms with Crippen LogP contribution >= 0.6 is 11.5 Å². The maximum Gasteiger partial charge on any atom is 0.333 e. The Kier molecular flexibility index (Phi) is 7.08. The summed E-state index contributed by atoms with van der Waals surface area (Å²) in [4.78, 5) is 42.1. The van der Waals surface area contributed by atoms with Gasteiger partial charge in [-0.05, 0) is 55.6 Å². The fraction of sp³-hybridized carbons (Fsp3) is 0.292. The molecule has 35 heavy (non-hydrogen) atoms. The van der Waals surface area contributed by atoms with Gasteiger partial charge in [0.05, 0.1) is 13.0 Å². The van der Waals surface area contributed by atoms with Gasteiger partial charge in [-0.1, -0.05) is 18.2 Å². The van der Waals surface area contributed by atoms with Crippen LogP contribution in [-0.2, 0) is 20.8 Å². The van der Waals surface area contributed by atoms with Gasteiger partial charge in [-0.2, -0.15) is 4.37 Å². The molecule has 2 aromatic carbocycles. The number of aromatic nitrogens is 2. The topological polar surface area (TPSA) is 145 Å². The SMILES string of the molecule is Cc1nsc(-c2ccc(C)c(NCC(=O)N3CCc4c(NC(=O)C[C@@H](O)C(=O)O)cccc43)c2)n1. The van der Waals surface area contributed by atoms with E-state index in [-0.39, 0.29) is 12.5 Å². The summed E-state index contributed by atoms with van der Waals surface area (Å²) in [7, 11) is 0. The zero-order chi connectivity index (χ0) is 25.1. The second-order valence-electron chi connectivity index (χ2n) is 8.23. The van der Waals surface area contributed by atoms with Crippen molar-refractivity contribution in [1.29, 1.82) is 0 Å². The zero-order valence-electron chi connectivity index (χ0n) is 19.2. The number of fused-ring (bicyclic) bond motifs is 1. The molecular weight excluding hydrogens is 470 g/mol. The number of aliphatic hydroxyl groups is 1. The number of carboxylic acid groups (broad SMARTS) is 1. The molecule has 2 amide bonds. The number of amides is 2. The van der Waals surface area contributed by atoms with Gasteiger partial charge in [0.15, 0.2) is 6.10 Å². The van der Waals surface area contributed by atoms with Crippen molar-refractivity contribution in [1.82, 2.24) is 9.36 Å². The molecule has 1 aromatic heterocycles. The first-order chi connectivity index (χ1) is 16.7. The van der Waals surface area contributed by atoms with Crippen LogP contribution in [0.4, 0.5) is 17.1 Å². The van der Waals surface area contributed by atoms with Gasteiger partial charge in [0.2, 0.25) is 11.8 Å². The Balaban J connectivity index is 1.43. The predicted octanol–water partition coefficient (Wildman–Crippen LogP) is 2.60. The number of hydrogen-bond acceptors (Lipinski definition) is 8. The summed E-state index contributed by atoms with van der Waals surface area (Å²) >= 11 is 1.33. The Morgan fingerprint density at radius 1 is 1.17 bits per heavy atom. The summed E-state index contributed by atoms with van der Waals surface area (Å²) in [5.41, 5.74) is 4.76. The van der Waals surface area contributed by atoms with E-state index in [1.807, 2.05) is 38.1 Å². The number of aryl methyl sites for hydroxylation is 2. The van der Waals surface area contributed by atoms with Crippen molar-refractivity contribution in [2.45, 2.75) is 32.8 Å². The highest BCUT2D eigenvalue weighted by Crippen LogP contribution is 2.34. The predicted molar refractivity (Wildman–Crippen MR) is 133 cm³/mol. The molecule has 10 nitrogen and oxygen atoms in total. The average molecular weight is 496 g/mol. The second kappa shape index (κ2) is 10.2. The van der Waals surface area contributed by atoms with Gasteiger partial charge in [-0.25, -0.2) is 9.78 Å². The highest BCUT2D eigenvalue weighted by Gasteiger charge is 2.27. The largest absolute Gasteiger partial charge is 0.479 e. The van der Waals surface area contributed by atoms with Crippen molar-refractivity contribution < 1.29 is 24.6 Å². The van der Waals surface area contributed by atoms with E-state index in [4.69, 9.17) is 5.11 Å². The number of carbonyl (C=O) groups excluding carboxylic acids is 2. The Bertz CT molecular complexity index is 1290. The van der Waals surface area contributed by atoms with Crippen LogP contribution in [0.2, 0.25) is 0 Å². The van der Waals surface area contributed by atoms with E-state index in [1.54, 1.807) is 17.0 Å². The van der Waals surface area contributed by atoms with Crippen LogP contribution in [0.1, 0.15) is 23.4 Å². The summed E-state index contributed by atoms with van der Waals surface area (Å²) in [6.45, 7) is 4.35. The van der Waals surface area contributed by atoms with E-state index in [1.165, 1.54) is 11.5 Å². The molecule has 0 bridgehead atoms. The lowest BCUT2D eigenvalue weighted by atomic mass is 10.1. The van der Waals surface area contributed by atoms with Crippen molar-refractivity contribution in [2.24, 2.45) is 0 Å². The molecule has 182 valence electrons. The third-order valence-corrected chi connectivity index (χ3v) is 6.56. The standard InChI is InChI=1S/C24H25N5O5S/c1-13-6-7-15(23-26-14(2)28-35-23)10-18(13)25-12-22(32)29-9-8-16-17(4-3-5-19(16)29)27-21(31)11-20(30)24(33)34/h3-7,10,20,25,30H,8-9,11-12H2,1-2H3,(H,27,31)(H,33,34)/t20-/m1/s1. The maximum atomic E-state index is 13.1. The van der Waals surface area contributed by atoms with Crippen molar-refractivity contribution in [2.75, 3.05) is 28.6 Å². The quantitative estimate of drug-likeness (QED) is 0.373. The van der Waals surface area contributed by atoms with Gasteiger partial charge in [-0.3, -0.25) is 9.59 Å². The Morgan fingerprint density at radius 2 is 1.97 bits per heavy atom. The molecule has 11 heteroatoms. The number of nitrogens with one attached hydrogen (secondary N) is 2. The lowest BCUT2D eigenvalue weighted by molar-refractivity contribution is -0.148. The van der Waals surface area contributed by atoms with Crippen molar-refractivity contribution in [3.63, 3.8) is 0 Å². The van der Waals surface area contributed by atoms with Crippen LogP contribution in [0.15, 0.2) is 36.4 Å². The molecule has 0 aliphatic carbocycles. The Hall–Kier alpha value is -3.83. The lowest BCUT2D eigenvalue weighted by Crippen LogP contribution is -2.34. The van der Waals surface area contributed by atoms with Gasteiger partial charge in [0.25, 0.3) is 0 Å². The Morgan fingerprint density at radius 3 is 2.69 bits per heavy atom. The summed E-state index contributed by atoms with van der Waals surface area (Å²) in [6.07, 6.45) is -1.78. The van der Waals surface area contributed by atoms with E-state index in [2.05, 4.69) is 20.0 Å². The molecule has 0 fully saturated rings. The maximum absolute atomic E-state index is 13.1. The van der Waals surface area contributed by atoms with Crippen LogP contribution in [0.25, 0.3) is 10.6 Å². The van der Waals surface area contributed by atoms with Crippen molar-refractivity contribution >= 4 is 46.4 Å². The molecule has 0 radical (unpaired) electrons. The summed E-state index contributed by atoms with van der Waals surface area (Å²) in [5, 5.41) is 24.9. The molecule has 0 unspecified atom stereocenters. The van der Waals surface area contributed by atoms with Gasteiger partial charge in [-0.15, -0.1) is 0 Å². The van der Waals surface area contributed by atoms with Gasteiger partial charge < -0.3 is 25.7 Å². The van der Waals surface area contributed by atoms with Gasteiger partial charge in [0.1, 0.15) is 10.8 Å². The molecule has 0 saturated heterocycles. The molecule has 4 rings (SSSR count). The molecule has 3 aromatic rings. The van der Waals surface area contributed by atoms with Crippen LogP contribution in [0, 0.1) is 13.8 Å². The Labute approximate surface area is 205 Å². The first-order valence-electron chi connectivity index (χ1n) is 11.0. The first kappa shape index (κ1) is 24.3. The number of benzene rings is 2. The highest BCUT2D eigenvalue weighted by atomic mass is 32.1. The minimum absolute atomic E-state index is 0.0836. The summed E-state index contributed by atoms with van der Waals surface area (Å²) < 4.78 is 4.22. The van der Waals surface area contributed by atoms with Crippen molar-refractivity contribution in [3.8, 4) is 10.6 Å². The molecule has 1 aliphatic heterocycles. The number of hydrogen-bond donors (Lipinski definition) is 4. The van der Waals surface area contributed by atoms with Crippen LogP contribution in [0.5, 0.6) is 0 Å². The number of rotatable bonds is 8. The summed E-state index contributed by atoms with van der Waals surface area (Å²) in [6, 6.07) is 11.1. The number of nitrogens with zero attached hydrogens (tertiary/aromatic N) is 3. The van der Waals surface area contributed by atoms with E-state index >= 15 is 0 Å². The van der Waals surface area contributed by atoms with Gasteiger partial charge >= 0.3 is 5.97 Å². The third kappa shape index (κ3) is 5.47. The van der Waals surface area contributed by atoms with Crippen molar-refractivity contribution in [3.05, 3.63) is 53.3 Å². The van der Waals surface area contributed by atoms with E-state index in [0.717, 1.165) is 33.2 Å². The number of aliphatic hydroxyl groups excluding tert-OH is 1. The molecule has 1 aliphatic rings. The molecular formula is C24H25N5O5S. The fourth-order valence-electron chi connectivity index (χ4n) is 3.90. The van der Waals surface area contributed by atoms with Crippen LogP contribution in [-0.4, -0.2) is 56.5 Å². The highest BCUT2D eigenvalue weighted by molar-refractivity contribution is 7.09. The average Bonchev–Trinajstić information content (AvgIpc) is 3.45. The molecule has 2 heterocycles. The fourth-order valence-corrected chi connectivity index (χ4v) is 4.57. The normalized spacial score (nSPS) is 13.3. The van der Waals surface area contributed by atoms with Crippen LogP contribution < -0.4 is 15.5 Å². The zero-order valence-corrected chi connectivity index (χ0v) is 20.1. The summed E-state index contributed by atoms with van der Waals surface area (Å²) in [5.74, 6) is -1.47. The van der Waals surface area contributed by atoms with E-state index in [9.17, 15) is 19.5 Å². The lowest BCUT2D eigenvalue weighted by Gasteiger charge is -2.19. The molecule has 1 atom stereocenters. The minimum Gasteiger partial charge on any atom is -0.479 e. The van der Waals surface area contributed by atoms with E-state index < -0.39 is 24.4 Å². The van der Waals surface area contributed by atoms with E-state index in [0.29, 0.717) is 24.3 Å². The molecule has 0 spiro atoms. The number of carboxylic acids is 1. The third-order valence-electron chi connectivity index (χ3n) is 5.71. The number of anilines is 3. The monoisotopic (exact) mass is 495 g/mol. The number of carbonyl (C=O) groups is 3. The first-order valence-corrected chi connectivity index (χ1v) is 11.8. The minimum atomic E-state index is -1.77. The number of aliphatic carboxylic acids is 1. The second-order valence-corrected chi connectivity index (χ2v) is 8.99. The van der Waals surface area contributed by atoms with Gasteiger partial charge in [0, 0.05) is 34.7 Å².